The van der Waals surface area contributed by atoms with Gasteiger partial charge in [-0.1, -0.05) is 55.3 Å². The van der Waals surface area contributed by atoms with Crippen LogP contribution in [-0.2, 0) is 0 Å². The fourth-order valence-electron chi connectivity index (χ4n) is 3.44. The summed E-state index contributed by atoms with van der Waals surface area (Å²) in [5.41, 5.74) is 7.01. The maximum Gasteiger partial charge on any atom is 0.141 e. The van der Waals surface area contributed by atoms with E-state index in [2.05, 4.69) is 36.2 Å². The Morgan fingerprint density at radius 2 is 2.10 bits per heavy atom. The van der Waals surface area contributed by atoms with Crippen LogP contribution in [0.2, 0.25) is 0 Å². The molecule has 3 N–H and O–H groups in total. The van der Waals surface area contributed by atoms with Crippen molar-refractivity contribution in [2.24, 2.45) is 16.8 Å². The first-order valence-electron chi connectivity index (χ1n) is 7.85. The Bertz CT molecular complexity index is 460. The number of rotatable bonds is 5. The van der Waals surface area contributed by atoms with Crippen molar-refractivity contribution in [1.82, 2.24) is 4.90 Å². The zero-order valence-corrected chi connectivity index (χ0v) is 13.1. The average Bonchev–Trinajstić information content (AvgIpc) is 2.52. The van der Waals surface area contributed by atoms with Gasteiger partial charge >= 0.3 is 0 Å². The highest BCUT2D eigenvalue weighted by molar-refractivity contribution is 5.80. The lowest BCUT2D eigenvalue weighted by Gasteiger charge is -2.39. The van der Waals surface area contributed by atoms with Crippen LogP contribution >= 0.6 is 0 Å². The summed E-state index contributed by atoms with van der Waals surface area (Å²) >= 11 is 0. The normalized spacial score (nSPS) is 25.0. The van der Waals surface area contributed by atoms with Gasteiger partial charge in [0.05, 0.1) is 0 Å². The molecule has 0 heterocycles. The smallest absolute Gasteiger partial charge is 0.141 e. The van der Waals surface area contributed by atoms with Crippen LogP contribution in [0, 0.1) is 5.92 Å². The zero-order valence-electron chi connectivity index (χ0n) is 13.1. The molecule has 2 rings (SSSR count). The molecule has 1 fully saturated rings. The maximum atomic E-state index is 8.91. The second kappa shape index (κ2) is 7.46. The summed E-state index contributed by atoms with van der Waals surface area (Å²) in [6, 6.07) is 11.1. The van der Waals surface area contributed by atoms with Gasteiger partial charge in [0.25, 0.3) is 0 Å². The predicted molar refractivity (Wildman–Crippen MR) is 86.4 cm³/mol. The van der Waals surface area contributed by atoms with Crippen molar-refractivity contribution >= 4 is 5.84 Å². The van der Waals surface area contributed by atoms with E-state index in [1.54, 1.807) is 0 Å². The topological polar surface area (TPSA) is 61.8 Å². The van der Waals surface area contributed by atoms with Crippen LogP contribution in [0.5, 0.6) is 0 Å². The first-order valence-corrected chi connectivity index (χ1v) is 7.85. The molecular weight excluding hydrogens is 262 g/mol. The van der Waals surface area contributed by atoms with Crippen LogP contribution < -0.4 is 5.73 Å². The van der Waals surface area contributed by atoms with E-state index in [1.165, 1.54) is 31.2 Å². The Hall–Kier alpha value is -1.55. The Kier molecular flexibility index (Phi) is 5.62. The molecule has 1 aromatic rings. The van der Waals surface area contributed by atoms with Gasteiger partial charge in [0.2, 0.25) is 0 Å². The number of nitrogens with two attached hydrogens (primary N) is 1. The summed E-state index contributed by atoms with van der Waals surface area (Å²) in [5.74, 6) is 1.08. The van der Waals surface area contributed by atoms with Gasteiger partial charge in [-0.15, -0.1) is 0 Å². The molecule has 3 unspecified atom stereocenters. The van der Waals surface area contributed by atoms with E-state index in [9.17, 15) is 0 Å². The third kappa shape index (κ3) is 4.21. The summed E-state index contributed by atoms with van der Waals surface area (Å²) in [7, 11) is 2.17. The fourth-order valence-corrected chi connectivity index (χ4v) is 3.44. The van der Waals surface area contributed by atoms with Gasteiger partial charge in [0, 0.05) is 18.5 Å². The standard InChI is InChI=1S/C17H27N3O/c1-13-7-6-10-15(11-13)20(2)16(12-17(18)19-21)14-8-4-3-5-9-14/h3-5,8-9,13,15-16,21H,6-7,10-12H2,1-2H3,(H2,18,19). The van der Waals surface area contributed by atoms with Crippen LogP contribution in [0.4, 0.5) is 0 Å². The molecule has 0 aromatic heterocycles. The molecule has 0 amide bonds. The summed E-state index contributed by atoms with van der Waals surface area (Å²) in [5, 5.41) is 12.1. The van der Waals surface area contributed by atoms with E-state index < -0.39 is 0 Å². The Labute approximate surface area is 127 Å². The van der Waals surface area contributed by atoms with Crippen molar-refractivity contribution in [2.75, 3.05) is 7.05 Å². The molecule has 3 atom stereocenters. The van der Waals surface area contributed by atoms with E-state index in [4.69, 9.17) is 10.9 Å². The highest BCUT2D eigenvalue weighted by Gasteiger charge is 2.28. The summed E-state index contributed by atoms with van der Waals surface area (Å²) < 4.78 is 0. The van der Waals surface area contributed by atoms with Gasteiger partial charge in [0.1, 0.15) is 5.84 Å². The average molecular weight is 289 g/mol. The molecule has 1 aromatic carbocycles. The van der Waals surface area contributed by atoms with Crippen molar-refractivity contribution < 1.29 is 5.21 Å². The summed E-state index contributed by atoms with van der Waals surface area (Å²) in [6.07, 6.45) is 5.65. The first kappa shape index (κ1) is 15.8. The van der Waals surface area contributed by atoms with Crippen LogP contribution in [0.15, 0.2) is 35.5 Å². The first-order chi connectivity index (χ1) is 10.1. The predicted octanol–water partition coefficient (Wildman–Crippen LogP) is 3.37. The van der Waals surface area contributed by atoms with Gasteiger partial charge in [-0.25, -0.2) is 0 Å². The van der Waals surface area contributed by atoms with Gasteiger partial charge < -0.3 is 10.9 Å². The highest BCUT2D eigenvalue weighted by atomic mass is 16.4. The lowest BCUT2D eigenvalue weighted by atomic mass is 9.85. The van der Waals surface area contributed by atoms with E-state index in [0.29, 0.717) is 18.3 Å². The number of benzene rings is 1. The van der Waals surface area contributed by atoms with Gasteiger partial charge in [-0.3, -0.25) is 4.90 Å². The van der Waals surface area contributed by atoms with Crippen molar-refractivity contribution in [1.29, 1.82) is 0 Å². The molecule has 0 bridgehead atoms. The maximum absolute atomic E-state index is 8.91. The third-order valence-electron chi connectivity index (χ3n) is 4.69. The minimum absolute atomic E-state index is 0.164. The molecule has 0 spiro atoms. The molecule has 116 valence electrons. The van der Waals surface area contributed by atoms with E-state index in [-0.39, 0.29) is 6.04 Å². The minimum Gasteiger partial charge on any atom is -0.409 e. The Balaban J connectivity index is 2.18. The fraction of sp³-hybridized carbons (Fsp3) is 0.588. The van der Waals surface area contributed by atoms with Crippen molar-refractivity contribution in [2.45, 2.75) is 51.1 Å². The molecule has 1 saturated carbocycles. The highest BCUT2D eigenvalue weighted by Crippen LogP contribution is 2.33. The lowest BCUT2D eigenvalue weighted by molar-refractivity contribution is 0.120. The van der Waals surface area contributed by atoms with E-state index in [0.717, 1.165) is 5.92 Å². The Morgan fingerprint density at radius 3 is 2.71 bits per heavy atom. The number of hydrogen-bond donors (Lipinski definition) is 2. The number of nitrogens with zero attached hydrogens (tertiary/aromatic N) is 2. The molecule has 1 aliphatic rings. The van der Waals surface area contributed by atoms with Crippen LogP contribution in [0.1, 0.15) is 50.6 Å². The number of oxime groups is 1. The second-order valence-electron chi connectivity index (χ2n) is 6.31. The van der Waals surface area contributed by atoms with Crippen molar-refractivity contribution in [3.8, 4) is 0 Å². The molecule has 0 radical (unpaired) electrons. The molecular formula is C17H27N3O. The van der Waals surface area contributed by atoms with Crippen molar-refractivity contribution in [3.05, 3.63) is 35.9 Å². The zero-order chi connectivity index (χ0) is 15.2. The van der Waals surface area contributed by atoms with Crippen LogP contribution in [0.3, 0.4) is 0 Å². The third-order valence-corrected chi connectivity index (χ3v) is 4.69. The van der Waals surface area contributed by atoms with Crippen LogP contribution in [-0.4, -0.2) is 29.0 Å². The molecule has 0 aliphatic heterocycles. The van der Waals surface area contributed by atoms with Crippen molar-refractivity contribution in [3.63, 3.8) is 0 Å². The summed E-state index contributed by atoms with van der Waals surface area (Å²) in [6.45, 7) is 2.33. The lowest BCUT2D eigenvalue weighted by Crippen LogP contribution is -2.39. The summed E-state index contributed by atoms with van der Waals surface area (Å²) in [4.78, 5) is 2.42. The van der Waals surface area contributed by atoms with E-state index >= 15 is 0 Å². The van der Waals surface area contributed by atoms with E-state index in [1.807, 2.05) is 18.2 Å². The van der Waals surface area contributed by atoms with Gasteiger partial charge in [0.15, 0.2) is 0 Å². The Morgan fingerprint density at radius 1 is 1.38 bits per heavy atom. The van der Waals surface area contributed by atoms with Gasteiger partial charge in [-0.2, -0.15) is 0 Å². The quantitative estimate of drug-likeness (QED) is 0.378. The SMILES string of the molecule is CC1CCCC(N(C)C(CC(N)=NO)c2ccccc2)C1. The number of hydrogen-bond acceptors (Lipinski definition) is 3. The molecule has 1 aliphatic carbocycles. The molecule has 21 heavy (non-hydrogen) atoms. The second-order valence-corrected chi connectivity index (χ2v) is 6.31. The monoisotopic (exact) mass is 289 g/mol. The molecule has 4 heteroatoms. The molecule has 4 nitrogen and oxygen atoms in total. The largest absolute Gasteiger partial charge is 0.409 e. The minimum atomic E-state index is 0.164. The van der Waals surface area contributed by atoms with Gasteiger partial charge in [-0.05, 0) is 31.4 Å². The van der Waals surface area contributed by atoms with Crippen LogP contribution in [0.25, 0.3) is 0 Å². The molecule has 0 saturated heterocycles. The number of amidine groups is 1.